The number of nitrogens with one attached hydrogen (secondary N) is 1. The fourth-order valence-corrected chi connectivity index (χ4v) is 7.07. The monoisotopic (exact) mass is 692 g/mol. The van der Waals surface area contributed by atoms with E-state index in [2.05, 4.69) is 64.5 Å². The molecule has 2 atom stereocenters. The summed E-state index contributed by atoms with van der Waals surface area (Å²) in [7, 11) is -3.78. The molecule has 5 N–H and O–H groups in total. The minimum absolute atomic E-state index is 0.0284. The van der Waals surface area contributed by atoms with Crippen LogP contribution in [0.3, 0.4) is 0 Å². The molecule has 10 heteroatoms. The second kappa shape index (κ2) is 15.5. The maximum atomic E-state index is 12.9. The number of unbranched alkanes of at least 4 members (excludes halogenated alkanes) is 1. The number of ether oxygens (including phenoxy) is 2. The Hall–Kier alpha value is -3.70. The number of primary amides is 1. The lowest BCUT2D eigenvalue weighted by atomic mass is 9.72. The number of carbonyl (C=O) groups is 1. The summed E-state index contributed by atoms with van der Waals surface area (Å²) in [6.07, 6.45) is 5.50. The van der Waals surface area contributed by atoms with Crippen molar-refractivity contribution >= 4 is 21.7 Å². The van der Waals surface area contributed by atoms with Crippen LogP contribution >= 0.6 is 0 Å². The number of carbonyl (C=O) groups excluding carboxylic acids is 1. The smallest absolute Gasteiger partial charge is 0.254 e. The Labute approximate surface area is 291 Å². The lowest BCUT2D eigenvalue weighted by molar-refractivity contribution is -0.142. The molecule has 0 bridgehead atoms. The van der Waals surface area contributed by atoms with Gasteiger partial charge in [0.25, 0.3) is 5.91 Å². The zero-order chi connectivity index (χ0) is 36.0. The largest absolute Gasteiger partial charge is 0.493 e. The van der Waals surface area contributed by atoms with Gasteiger partial charge in [-0.15, -0.1) is 0 Å². The number of aliphatic hydroxyl groups is 2. The van der Waals surface area contributed by atoms with Gasteiger partial charge < -0.3 is 25.4 Å². The zero-order valence-corrected chi connectivity index (χ0v) is 30.4. The maximum absolute atomic E-state index is 12.9. The summed E-state index contributed by atoms with van der Waals surface area (Å²) in [5.41, 5.74) is 7.28. The highest BCUT2D eigenvalue weighted by Crippen LogP contribution is 2.44. The molecule has 1 aliphatic rings. The molecule has 9 nitrogen and oxygen atoms in total. The second-order valence-corrected chi connectivity index (χ2v) is 15.8. The number of aliphatic hydroxyl groups excluding tert-OH is 1. The van der Waals surface area contributed by atoms with Crippen molar-refractivity contribution < 1.29 is 32.9 Å². The quantitative estimate of drug-likeness (QED) is 0.121. The standard InChI is InChI=1S/C39H52N2O7S/c1-7-37(3,4)27-16-21-34(33(25-27)38(5,6)8-2)47-24-12-11-13-28-26-35(31-14-9-10-15-32(31)39(28,44)36(40)43)48-29-17-19-30(20-18-29)49(45,46)41-22-23-42/h9-10,14-21,25-26,28,41-42,44H,7-8,11-13,22-24H2,1-6H3,(H2,40,43). The van der Waals surface area contributed by atoms with E-state index in [0.717, 1.165) is 18.6 Å². The number of hydrogen-bond acceptors (Lipinski definition) is 7. The van der Waals surface area contributed by atoms with Crippen molar-refractivity contribution in [1.29, 1.82) is 0 Å². The SMILES string of the molecule is CCC(C)(C)c1ccc(OCCCCC2C=C(Oc3ccc(S(=O)(=O)NCCO)cc3)c3ccccc3C2(O)C(N)=O)c(C(C)(C)CC)c1. The molecule has 0 fully saturated rings. The van der Waals surface area contributed by atoms with Crippen molar-refractivity contribution in [2.45, 2.75) is 95.0 Å². The van der Waals surface area contributed by atoms with Gasteiger partial charge in [0.05, 0.1) is 18.1 Å². The van der Waals surface area contributed by atoms with Crippen LogP contribution in [0.2, 0.25) is 0 Å². The molecule has 3 aromatic rings. The Bertz CT molecular complexity index is 1750. The minimum atomic E-state index is -3.78. The van der Waals surface area contributed by atoms with Crippen LogP contribution < -0.4 is 19.9 Å². The number of sulfonamides is 1. The molecule has 0 spiro atoms. The first-order chi connectivity index (χ1) is 23.1. The van der Waals surface area contributed by atoms with E-state index in [-0.39, 0.29) is 28.9 Å². The molecule has 0 aliphatic heterocycles. The Morgan fingerprint density at radius 3 is 2.27 bits per heavy atom. The molecule has 0 saturated heterocycles. The van der Waals surface area contributed by atoms with Gasteiger partial charge in [0.2, 0.25) is 10.0 Å². The molecule has 266 valence electrons. The van der Waals surface area contributed by atoms with Gasteiger partial charge in [0.1, 0.15) is 17.3 Å². The van der Waals surface area contributed by atoms with Crippen LogP contribution in [0.15, 0.2) is 77.7 Å². The Morgan fingerprint density at radius 2 is 1.63 bits per heavy atom. The lowest BCUT2D eigenvalue weighted by Gasteiger charge is -2.37. The van der Waals surface area contributed by atoms with E-state index < -0.39 is 27.4 Å². The van der Waals surface area contributed by atoms with E-state index in [4.69, 9.17) is 20.3 Å². The van der Waals surface area contributed by atoms with Crippen LogP contribution in [0, 0.1) is 5.92 Å². The molecule has 2 unspecified atom stereocenters. The van der Waals surface area contributed by atoms with E-state index >= 15 is 0 Å². The summed E-state index contributed by atoms with van der Waals surface area (Å²) in [5, 5.41) is 20.8. The third-order valence-corrected chi connectivity index (χ3v) is 11.5. The number of hydrogen-bond donors (Lipinski definition) is 4. The van der Waals surface area contributed by atoms with E-state index in [0.29, 0.717) is 48.5 Å². The Kier molecular flexibility index (Phi) is 12.0. The molecule has 4 rings (SSSR count). The van der Waals surface area contributed by atoms with Crippen LogP contribution in [0.25, 0.3) is 5.76 Å². The first-order valence-corrected chi connectivity index (χ1v) is 18.6. The maximum Gasteiger partial charge on any atom is 0.254 e. The van der Waals surface area contributed by atoms with Gasteiger partial charge >= 0.3 is 0 Å². The van der Waals surface area contributed by atoms with E-state index in [1.165, 1.54) is 35.4 Å². The molecule has 1 amide bonds. The van der Waals surface area contributed by atoms with E-state index in [1.54, 1.807) is 30.3 Å². The average Bonchev–Trinajstić information content (AvgIpc) is 3.09. The van der Waals surface area contributed by atoms with Gasteiger partial charge in [-0.3, -0.25) is 4.79 Å². The van der Waals surface area contributed by atoms with E-state index in [9.17, 15) is 18.3 Å². The van der Waals surface area contributed by atoms with Crippen molar-refractivity contribution in [3.63, 3.8) is 0 Å². The predicted molar refractivity (Wildman–Crippen MR) is 193 cm³/mol. The summed E-state index contributed by atoms with van der Waals surface area (Å²) in [6, 6.07) is 19.4. The third-order valence-electron chi connectivity index (χ3n) is 10.1. The highest BCUT2D eigenvalue weighted by Gasteiger charge is 2.47. The first kappa shape index (κ1) is 38.1. The topological polar surface area (TPSA) is 148 Å². The van der Waals surface area contributed by atoms with Gasteiger partial charge in [-0.1, -0.05) is 77.9 Å². The molecule has 3 aromatic carbocycles. The predicted octanol–water partition coefficient (Wildman–Crippen LogP) is 6.30. The van der Waals surface area contributed by atoms with Crippen molar-refractivity contribution in [2.24, 2.45) is 11.7 Å². The van der Waals surface area contributed by atoms with Crippen molar-refractivity contribution in [2.75, 3.05) is 19.8 Å². The molecule has 0 aromatic heterocycles. The fraction of sp³-hybridized carbons (Fsp3) is 0.462. The van der Waals surface area contributed by atoms with Gasteiger partial charge in [0, 0.05) is 29.2 Å². The van der Waals surface area contributed by atoms with Crippen LogP contribution in [0.5, 0.6) is 11.5 Å². The molecule has 1 aliphatic carbocycles. The number of nitrogens with two attached hydrogens (primary N) is 1. The summed E-state index contributed by atoms with van der Waals surface area (Å²) in [5.74, 6) is 0.156. The molecule has 49 heavy (non-hydrogen) atoms. The van der Waals surface area contributed by atoms with Crippen LogP contribution in [0.4, 0.5) is 0 Å². The summed E-state index contributed by atoms with van der Waals surface area (Å²) < 4.78 is 39.8. The van der Waals surface area contributed by atoms with Crippen molar-refractivity contribution in [1.82, 2.24) is 4.72 Å². The highest BCUT2D eigenvalue weighted by atomic mass is 32.2. The van der Waals surface area contributed by atoms with E-state index in [1.807, 2.05) is 0 Å². The number of rotatable bonds is 17. The highest BCUT2D eigenvalue weighted by molar-refractivity contribution is 7.89. The normalized spacial score (nSPS) is 18.0. The fourth-order valence-electron chi connectivity index (χ4n) is 6.05. The van der Waals surface area contributed by atoms with Crippen molar-refractivity contribution in [3.8, 4) is 11.5 Å². The Morgan fingerprint density at radius 1 is 0.959 bits per heavy atom. The molecular formula is C39H52N2O7S. The van der Waals surface area contributed by atoms with Gasteiger partial charge in [-0.2, -0.15) is 0 Å². The van der Waals surface area contributed by atoms with Crippen LogP contribution in [0.1, 0.15) is 95.9 Å². The van der Waals surface area contributed by atoms with Gasteiger partial charge in [0.15, 0.2) is 5.60 Å². The summed E-state index contributed by atoms with van der Waals surface area (Å²) in [4.78, 5) is 12.9. The second-order valence-electron chi connectivity index (χ2n) is 14.0. The summed E-state index contributed by atoms with van der Waals surface area (Å²) in [6.45, 7) is 13.4. The van der Waals surface area contributed by atoms with Gasteiger partial charge in [-0.25, -0.2) is 13.1 Å². The zero-order valence-electron chi connectivity index (χ0n) is 29.6. The summed E-state index contributed by atoms with van der Waals surface area (Å²) >= 11 is 0. The third kappa shape index (κ3) is 8.37. The Balaban J connectivity index is 1.52. The number of fused-ring (bicyclic) bond motifs is 1. The first-order valence-electron chi connectivity index (χ1n) is 17.1. The van der Waals surface area contributed by atoms with Gasteiger partial charge in [-0.05, 0) is 84.9 Å². The molecular weight excluding hydrogens is 641 g/mol. The minimum Gasteiger partial charge on any atom is -0.493 e. The number of benzene rings is 3. The van der Waals surface area contributed by atoms with Crippen LogP contribution in [-0.4, -0.2) is 44.3 Å². The molecule has 0 radical (unpaired) electrons. The number of amides is 1. The molecule has 0 heterocycles. The lowest BCUT2D eigenvalue weighted by Crippen LogP contribution is -2.49. The molecule has 0 saturated carbocycles. The van der Waals surface area contributed by atoms with Crippen molar-refractivity contribution in [3.05, 3.63) is 95.1 Å². The van der Waals surface area contributed by atoms with Crippen LogP contribution in [-0.2, 0) is 31.2 Å². The average molecular weight is 693 g/mol.